The Hall–Kier alpha value is -1.81. The topological polar surface area (TPSA) is 61.3 Å². The molecule has 2 rings (SSSR count). The van der Waals surface area contributed by atoms with E-state index in [0.29, 0.717) is 6.61 Å². The molecule has 0 aliphatic rings. The number of rotatable bonds is 4. The van der Waals surface area contributed by atoms with E-state index in [0.717, 1.165) is 22.8 Å². The Balaban J connectivity index is 2.13. The highest BCUT2D eigenvalue weighted by Gasteiger charge is 2.09. The summed E-state index contributed by atoms with van der Waals surface area (Å²) in [6, 6.07) is 7.81. The zero-order chi connectivity index (χ0) is 13.1. The number of nitrogens with two attached hydrogens (primary N) is 1. The third-order valence-electron chi connectivity index (χ3n) is 2.71. The van der Waals surface area contributed by atoms with Crippen LogP contribution in [0.4, 0.5) is 0 Å². The van der Waals surface area contributed by atoms with E-state index in [4.69, 9.17) is 15.0 Å². The molecule has 0 radical (unpaired) electrons. The van der Waals surface area contributed by atoms with E-state index in [1.54, 1.807) is 0 Å². The fourth-order valence-electron chi connectivity index (χ4n) is 1.79. The molecular formula is C14H18N2O2. The summed E-state index contributed by atoms with van der Waals surface area (Å²) in [6.45, 7) is 6.23. The Labute approximate surface area is 107 Å². The number of ether oxygens (including phenoxy) is 1. The fraction of sp³-hybridized carbons (Fsp3) is 0.357. The molecule has 2 aromatic rings. The van der Waals surface area contributed by atoms with Gasteiger partial charge in [-0.25, -0.2) is 0 Å². The molecule has 0 fully saturated rings. The van der Waals surface area contributed by atoms with Gasteiger partial charge in [0.1, 0.15) is 23.8 Å². The Bertz CT molecular complexity index is 532. The van der Waals surface area contributed by atoms with Crippen LogP contribution in [0.5, 0.6) is 5.75 Å². The van der Waals surface area contributed by atoms with Gasteiger partial charge >= 0.3 is 0 Å². The molecule has 0 unspecified atom stereocenters. The minimum absolute atomic E-state index is 0.0565. The van der Waals surface area contributed by atoms with Crippen LogP contribution in [0.3, 0.4) is 0 Å². The van der Waals surface area contributed by atoms with Crippen LogP contribution in [0.1, 0.15) is 35.5 Å². The molecule has 18 heavy (non-hydrogen) atoms. The first-order chi connectivity index (χ1) is 8.56. The van der Waals surface area contributed by atoms with Crippen LogP contribution >= 0.6 is 0 Å². The van der Waals surface area contributed by atoms with Crippen molar-refractivity contribution in [2.75, 3.05) is 0 Å². The molecule has 0 saturated heterocycles. The van der Waals surface area contributed by atoms with Crippen molar-refractivity contribution in [1.82, 2.24) is 5.16 Å². The van der Waals surface area contributed by atoms with E-state index < -0.39 is 0 Å². The molecule has 0 bridgehead atoms. The lowest BCUT2D eigenvalue weighted by Gasteiger charge is -2.14. The van der Waals surface area contributed by atoms with Gasteiger partial charge < -0.3 is 15.0 Å². The molecule has 4 heteroatoms. The zero-order valence-corrected chi connectivity index (χ0v) is 10.9. The van der Waals surface area contributed by atoms with Gasteiger partial charge in [-0.2, -0.15) is 0 Å². The minimum Gasteiger partial charge on any atom is -0.487 e. The van der Waals surface area contributed by atoms with Crippen molar-refractivity contribution < 1.29 is 9.26 Å². The van der Waals surface area contributed by atoms with Gasteiger partial charge in [0.15, 0.2) is 0 Å². The maximum Gasteiger partial charge on any atom is 0.134 e. The zero-order valence-electron chi connectivity index (χ0n) is 10.9. The van der Waals surface area contributed by atoms with Crippen LogP contribution in [0.2, 0.25) is 0 Å². The summed E-state index contributed by atoms with van der Waals surface area (Å²) in [7, 11) is 0. The standard InChI is InChI=1S/C14H18N2O2/c1-9-4-5-14(13(6-9)11(3)15)17-8-12-7-10(2)18-16-12/h4-7,11H,8,15H2,1-3H3/t11-/m0/s1. The van der Waals surface area contributed by atoms with Crippen LogP contribution < -0.4 is 10.5 Å². The Kier molecular flexibility index (Phi) is 3.67. The van der Waals surface area contributed by atoms with Crippen molar-refractivity contribution in [3.05, 3.63) is 46.8 Å². The van der Waals surface area contributed by atoms with Crippen molar-refractivity contribution in [1.29, 1.82) is 0 Å². The first kappa shape index (κ1) is 12.6. The summed E-state index contributed by atoms with van der Waals surface area (Å²) < 4.78 is 10.7. The summed E-state index contributed by atoms with van der Waals surface area (Å²) in [5.41, 5.74) is 8.91. The first-order valence-corrected chi connectivity index (χ1v) is 5.97. The van der Waals surface area contributed by atoms with Gasteiger partial charge in [0.2, 0.25) is 0 Å². The quantitative estimate of drug-likeness (QED) is 0.901. The van der Waals surface area contributed by atoms with Gasteiger partial charge in [-0.1, -0.05) is 22.9 Å². The van der Waals surface area contributed by atoms with Crippen molar-refractivity contribution in [2.45, 2.75) is 33.4 Å². The van der Waals surface area contributed by atoms with Crippen LogP contribution in [-0.4, -0.2) is 5.16 Å². The molecule has 1 atom stereocenters. The lowest BCUT2D eigenvalue weighted by Crippen LogP contribution is -2.08. The van der Waals surface area contributed by atoms with Gasteiger partial charge in [0.25, 0.3) is 0 Å². The van der Waals surface area contributed by atoms with Crippen LogP contribution in [0.25, 0.3) is 0 Å². The second kappa shape index (κ2) is 5.23. The summed E-state index contributed by atoms with van der Waals surface area (Å²) in [5, 5.41) is 3.89. The van der Waals surface area contributed by atoms with Gasteiger partial charge in [-0.15, -0.1) is 0 Å². The first-order valence-electron chi connectivity index (χ1n) is 5.97. The Morgan fingerprint density at radius 2 is 2.11 bits per heavy atom. The molecule has 2 N–H and O–H groups in total. The number of benzene rings is 1. The van der Waals surface area contributed by atoms with Gasteiger partial charge in [-0.3, -0.25) is 0 Å². The average molecular weight is 246 g/mol. The molecule has 0 aliphatic heterocycles. The predicted molar refractivity (Wildman–Crippen MR) is 69.4 cm³/mol. The largest absolute Gasteiger partial charge is 0.487 e. The summed E-state index contributed by atoms with van der Waals surface area (Å²) in [6.07, 6.45) is 0. The number of aromatic nitrogens is 1. The molecule has 1 aromatic heterocycles. The van der Waals surface area contributed by atoms with Crippen LogP contribution in [0.15, 0.2) is 28.8 Å². The number of nitrogens with zero attached hydrogens (tertiary/aromatic N) is 1. The molecule has 0 saturated carbocycles. The highest BCUT2D eigenvalue weighted by molar-refractivity contribution is 5.38. The average Bonchev–Trinajstić information content (AvgIpc) is 2.73. The molecule has 1 heterocycles. The summed E-state index contributed by atoms with van der Waals surface area (Å²) in [5.74, 6) is 1.58. The summed E-state index contributed by atoms with van der Waals surface area (Å²) >= 11 is 0. The van der Waals surface area contributed by atoms with E-state index in [-0.39, 0.29) is 6.04 Å². The number of hydrogen-bond donors (Lipinski definition) is 1. The van der Waals surface area contributed by atoms with Crippen molar-refractivity contribution in [3.8, 4) is 5.75 Å². The second-order valence-electron chi connectivity index (χ2n) is 4.55. The van der Waals surface area contributed by atoms with Crippen molar-refractivity contribution in [3.63, 3.8) is 0 Å². The van der Waals surface area contributed by atoms with Gasteiger partial charge in [0.05, 0.1) is 0 Å². The number of hydrogen-bond acceptors (Lipinski definition) is 4. The van der Waals surface area contributed by atoms with E-state index >= 15 is 0 Å². The third-order valence-corrected chi connectivity index (χ3v) is 2.71. The predicted octanol–water partition coefficient (Wildman–Crippen LogP) is 2.89. The minimum atomic E-state index is -0.0565. The molecule has 1 aromatic carbocycles. The normalized spacial score (nSPS) is 12.4. The summed E-state index contributed by atoms with van der Waals surface area (Å²) in [4.78, 5) is 0. The van der Waals surface area contributed by atoms with Crippen LogP contribution in [0, 0.1) is 13.8 Å². The van der Waals surface area contributed by atoms with Crippen molar-refractivity contribution in [2.24, 2.45) is 5.73 Å². The Morgan fingerprint density at radius 1 is 1.33 bits per heavy atom. The van der Waals surface area contributed by atoms with E-state index in [1.165, 1.54) is 5.56 Å². The monoisotopic (exact) mass is 246 g/mol. The molecule has 0 aliphatic carbocycles. The third kappa shape index (κ3) is 2.90. The van der Waals surface area contributed by atoms with E-state index in [9.17, 15) is 0 Å². The maximum absolute atomic E-state index is 5.94. The second-order valence-corrected chi connectivity index (χ2v) is 4.55. The van der Waals surface area contributed by atoms with E-state index in [1.807, 2.05) is 45.0 Å². The maximum atomic E-state index is 5.94. The van der Waals surface area contributed by atoms with E-state index in [2.05, 4.69) is 5.16 Å². The van der Waals surface area contributed by atoms with Gasteiger partial charge in [-0.05, 0) is 26.8 Å². The van der Waals surface area contributed by atoms with Crippen LogP contribution in [-0.2, 0) is 6.61 Å². The molecule has 96 valence electrons. The van der Waals surface area contributed by atoms with Gasteiger partial charge in [0, 0.05) is 17.7 Å². The molecule has 4 nitrogen and oxygen atoms in total. The smallest absolute Gasteiger partial charge is 0.134 e. The van der Waals surface area contributed by atoms with Crippen molar-refractivity contribution >= 4 is 0 Å². The highest BCUT2D eigenvalue weighted by Crippen LogP contribution is 2.25. The molecular weight excluding hydrogens is 228 g/mol. The molecule has 0 spiro atoms. The SMILES string of the molecule is Cc1ccc(OCc2cc(C)on2)c([C@H](C)N)c1. The Morgan fingerprint density at radius 3 is 2.72 bits per heavy atom. The number of aryl methyl sites for hydroxylation is 2. The highest BCUT2D eigenvalue weighted by atomic mass is 16.5. The fourth-order valence-corrected chi connectivity index (χ4v) is 1.79. The molecule has 0 amide bonds. The lowest BCUT2D eigenvalue weighted by atomic mass is 10.1. The lowest BCUT2D eigenvalue weighted by molar-refractivity contribution is 0.284.